The van der Waals surface area contributed by atoms with E-state index >= 15 is 0 Å². The number of halogens is 1. The van der Waals surface area contributed by atoms with Gasteiger partial charge in [-0.15, -0.1) is 11.3 Å². The van der Waals surface area contributed by atoms with Gasteiger partial charge in [-0.25, -0.2) is 0 Å². The van der Waals surface area contributed by atoms with E-state index in [9.17, 15) is 4.79 Å². The molecule has 3 rings (SSSR count). The number of thiophene rings is 1. The molecule has 0 saturated heterocycles. The summed E-state index contributed by atoms with van der Waals surface area (Å²) < 4.78 is 0.976. The second-order valence-corrected chi connectivity index (χ2v) is 6.51. The summed E-state index contributed by atoms with van der Waals surface area (Å²) in [5, 5.41) is 10.8. The van der Waals surface area contributed by atoms with Crippen LogP contribution in [-0.2, 0) is 0 Å². The van der Waals surface area contributed by atoms with Gasteiger partial charge in [0.1, 0.15) is 0 Å². The van der Waals surface area contributed by atoms with Crippen LogP contribution in [0.2, 0.25) is 0 Å². The van der Waals surface area contributed by atoms with Gasteiger partial charge in [-0.3, -0.25) is 9.89 Å². The molecule has 2 N–H and O–H groups in total. The Morgan fingerprint density at radius 1 is 1.42 bits per heavy atom. The summed E-state index contributed by atoms with van der Waals surface area (Å²) in [6.45, 7) is 1.96. The van der Waals surface area contributed by atoms with E-state index < -0.39 is 0 Å². The molecule has 0 radical (unpaired) electrons. The molecule has 19 heavy (non-hydrogen) atoms. The fraction of sp³-hybridized carbons (Fsp3) is 0.0769. The number of aryl methyl sites for hydroxylation is 1. The molecule has 0 spiro atoms. The number of hydrogen-bond donors (Lipinski definition) is 2. The highest BCUT2D eigenvalue weighted by Crippen LogP contribution is 2.28. The Balaban J connectivity index is 1.90. The maximum Gasteiger partial charge on any atom is 0.266 e. The molecule has 0 aliphatic heterocycles. The van der Waals surface area contributed by atoms with Gasteiger partial charge in [0.15, 0.2) is 5.82 Å². The first-order valence-corrected chi connectivity index (χ1v) is 7.26. The minimum absolute atomic E-state index is 0.143. The predicted molar refractivity (Wildman–Crippen MR) is 80.8 cm³/mol. The van der Waals surface area contributed by atoms with Gasteiger partial charge in [0.05, 0.1) is 14.2 Å². The summed E-state index contributed by atoms with van der Waals surface area (Å²) in [6.07, 6.45) is 0. The fourth-order valence-electron chi connectivity index (χ4n) is 1.80. The number of anilines is 1. The van der Waals surface area contributed by atoms with E-state index in [2.05, 4.69) is 31.4 Å². The zero-order valence-electron chi connectivity index (χ0n) is 10.0. The Bertz CT molecular complexity index is 743. The van der Waals surface area contributed by atoms with Crippen molar-refractivity contribution in [3.8, 4) is 0 Å². The first-order chi connectivity index (χ1) is 9.15. The highest BCUT2D eigenvalue weighted by Gasteiger charge is 2.14. The molecule has 0 unspecified atom stereocenters. The van der Waals surface area contributed by atoms with Crippen LogP contribution < -0.4 is 5.32 Å². The largest absolute Gasteiger partial charge is 0.304 e. The number of rotatable bonds is 2. The summed E-state index contributed by atoms with van der Waals surface area (Å²) >= 11 is 4.84. The first-order valence-electron chi connectivity index (χ1n) is 5.65. The number of carbonyl (C=O) groups excluding carboxylic acids is 1. The van der Waals surface area contributed by atoms with E-state index in [1.807, 2.05) is 37.3 Å². The Morgan fingerprint density at radius 3 is 2.95 bits per heavy atom. The molecule has 96 valence electrons. The van der Waals surface area contributed by atoms with Crippen molar-refractivity contribution in [3.63, 3.8) is 0 Å². The Kier molecular flexibility index (Phi) is 3.12. The lowest BCUT2D eigenvalue weighted by atomic mass is 10.2. The number of benzene rings is 1. The molecule has 0 saturated carbocycles. The second kappa shape index (κ2) is 4.79. The Labute approximate surface area is 122 Å². The molecular weight excluding hydrogens is 326 g/mol. The fourth-order valence-corrected chi connectivity index (χ4v) is 3.23. The molecule has 0 aliphatic rings. The first kappa shape index (κ1) is 12.4. The molecule has 1 aromatic carbocycles. The van der Waals surface area contributed by atoms with Crippen LogP contribution in [0.4, 0.5) is 5.82 Å². The van der Waals surface area contributed by atoms with Crippen LogP contribution in [-0.4, -0.2) is 16.1 Å². The summed E-state index contributed by atoms with van der Waals surface area (Å²) in [5.41, 5.74) is 1.96. The number of para-hydroxylation sites is 1. The SMILES string of the molecule is Cc1cc(C(=O)Nc2n[nH]c3ccccc23)sc1Br. The van der Waals surface area contributed by atoms with Crippen molar-refractivity contribution in [3.05, 3.63) is 44.6 Å². The van der Waals surface area contributed by atoms with Crippen molar-refractivity contribution in [2.45, 2.75) is 6.92 Å². The molecule has 0 aliphatic carbocycles. The number of hydrogen-bond acceptors (Lipinski definition) is 3. The van der Waals surface area contributed by atoms with Gasteiger partial charge in [-0.05, 0) is 46.6 Å². The normalized spacial score (nSPS) is 10.8. The Hall–Kier alpha value is -1.66. The molecule has 0 fully saturated rings. The average Bonchev–Trinajstić information content (AvgIpc) is 2.95. The number of fused-ring (bicyclic) bond motifs is 1. The van der Waals surface area contributed by atoms with Crippen molar-refractivity contribution in [2.75, 3.05) is 5.32 Å². The van der Waals surface area contributed by atoms with Crippen LogP contribution in [0.25, 0.3) is 10.9 Å². The molecule has 0 bridgehead atoms. The van der Waals surface area contributed by atoms with Crippen LogP contribution in [0.1, 0.15) is 15.2 Å². The molecule has 2 heterocycles. The summed E-state index contributed by atoms with van der Waals surface area (Å²) in [6, 6.07) is 9.54. The third-order valence-corrected chi connectivity index (χ3v) is 4.92. The number of aromatic nitrogens is 2. The van der Waals surface area contributed by atoms with Gasteiger partial charge in [-0.2, -0.15) is 5.10 Å². The van der Waals surface area contributed by atoms with E-state index in [-0.39, 0.29) is 5.91 Å². The smallest absolute Gasteiger partial charge is 0.266 e. The van der Waals surface area contributed by atoms with Crippen molar-refractivity contribution < 1.29 is 4.79 Å². The molecule has 1 amide bonds. The molecule has 4 nitrogen and oxygen atoms in total. The molecule has 0 atom stereocenters. The standard InChI is InChI=1S/C13H10BrN3OS/c1-7-6-10(19-11(7)14)13(18)15-12-8-4-2-3-5-9(8)16-17-12/h2-6H,1H3,(H2,15,16,17,18). The quantitative estimate of drug-likeness (QED) is 0.744. The van der Waals surface area contributed by atoms with Crippen LogP contribution in [0, 0.1) is 6.92 Å². The third kappa shape index (κ3) is 2.29. The monoisotopic (exact) mass is 335 g/mol. The van der Waals surface area contributed by atoms with Gasteiger partial charge in [-0.1, -0.05) is 12.1 Å². The lowest BCUT2D eigenvalue weighted by Crippen LogP contribution is -2.10. The van der Waals surface area contributed by atoms with E-state index in [0.717, 1.165) is 20.3 Å². The molecule has 3 aromatic rings. The van der Waals surface area contributed by atoms with Crippen molar-refractivity contribution in [1.29, 1.82) is 0 Å². The van der Waals surface area contributed by atoms with Gasteiger partial charge in [0.25, 0.3) is 5.91 Å². The second-order valence-electron chi connectivity index (χ2n) is 4.14. The summed E-state index contributed by atoms with van der Waals surface area (Å²) in [5.74, 6) is 0.416. The van der Waals surface area contributed by atoms with Crippen LogP contribution in [0.15, 0.2) is 34.1 Å². The number of H-pyrrole nitrogens is 1. The number of carbonyl (C=O) groups is 1. The van der Waals surface area contributed by atoms with Gasteiger partial charge < -0.3 is 5.32 Å². The number of aromatic amines is 1. The number of nitrogens with one attached hydrogen (secondary N) is 2. The van der Waals surface area contributed by atoms with Gasteiger partial charge in [0, 0.05) is 5.39 Å². The summed E-state index contributed by atoms with van der Waals surface area (Å²) in [4.78, 5) is 12.8. The van der Waals surface area contributed by atoms with Gasteiger partial charge >= 0.3 is 0 Å². The van der Waals surface area contributed by atoms with Crippen LogP contribution in [0.3, 0.4) is 0 Å². The third-order valence-electron chi connectivity index (χ3n) is 2.78. The van der Waals surface area contributed by atoms with Crippen molar-refractivity contribution in [2.24, 2.45) is 0 Å². The minimum atomic E-state index is -0.143. The van der Waals surface area contributed by atoms with E-state index in [4.69, 9.17) is 0 Å². The summed E-state index contributed by atoms with van der Waals surface area (Å²) in [7, 11) is 0. The van der Waals surface area contributed by atoms with Gasteiger partial charge in [0.2, 0.25) is 0 Å². The zero-order valence-corrected chi connectivity index (χ0v) is 12.4. The predicted octanol–water partition coefficient (Wildman–Crippen LogP) is 3.95. The van der Waals surface area contributed by atoms with Crippen LogP contribution in [0.5, 0.6) is 0 Å². The highest BCUT2D eigenvalue weighted by atomic mass is 79.9. The number of nitrogens with zero attached hydrogens (tertiary/aromatic N) is 1. The van der Waals surface area contributed by atoms with Crippen LogP contribution >= 0.6 is 27.3 Å². The molecule has 6 heteroatoms. The zero-order chi connectivity index (χ0) is 13.4. The number of amides is 1. The van der Waals surface area contributed by atoms with E-state index in [0.29, 0.717) is 10.7 Å². The van der Waals surface area contributed by atoms with E-state index in [1.54, 1.807) is 0 Å². The maximum absolute atomic E-state index is 12.1. The molecule has 2 aromatic heterocycles. The topological polar surface area (TPSA) is 57.8 Å². The lowest BCUT2D eigenvalue weighted by Gasteiger charge is -1.99. The average molecular weight is 336 g/mol. The van der Waals surface area contributed by atoms with Crippen molar-refractivity contribution >= 4 is 49.9 Å². The highest BCUT2D eigenvalue weighted by molar-refractivity contribution is 9.11. The minimum Gasteiger partial charge on any atom is -0.304 e. The molecular formula is C13H10BrN3OS. The Morgan fingerprint density at radius 2 is 2.21 bits per heavy atom. The van der Waals surface area contributed by atoms with E-state index in [1.165, 1.54) is 11.3 Å². The maximum atomic E-state index is 12.1. The lowest BCUT2D eigenvalue weighted by molar-refractivity contribution is 0.103. The van der Waals surface area contributed by atoms with Crippen molar-refractivity contribution in [1.82, 2.24) is 10.2 Å².